The van der Waals surface area contributed by atoms with Gasteiger partial charge in [-0.05, 0) is 12.1 Å². The molecule has 1 aromatic carbocycles. The number of amides is 1. The van der Waals surface area contributed by atoms with Gasteiger partial charge < -0.3 is 15.8 Å². The number of nitrogens with one attached hydrogen (secondary N) is 1. The van der Waals surface area contributed by atoms with Gasteiger partial charge in [-0.2, -0.15) is 5.26 Å². The Bertz CT molecular complexity index is 819. The lowest BCUT2D eigenvalue weighted by Crippen LogP contribution is -2.17. The molecule has 1 aromatic heterocycles. The first-order chi connectivity index (χ1) is 11.5. The largest absolute Gasteiger partial charge is 0.465 e. The van der Waals surface area contributed by atoms with Crippen molar-refractivity contribution >= 4 is 35.1 Å². The molecule has 2 aromatic rings. The van der Waals surface area contributed by atoms with Gasteiger partial charge in [0.2, 0.25) is 5.91 Å². The van der Waals surface area contributed by atoms with Gasteiger partial charge >= 0.3 is 5.97 Å². The number of anilines is 2. The number of thioether (sulfide) groups is 1. The number of methoxy groups -OCH3 is 1. The molecule has 8 nitrogen and oxygen atoms in total. The molecule has 9 heteroatoms. The fourth-order valence-corrected chi connectivity index (χ4v) is 2.35. The normalized spacial score (nSPS) is 9.83. The van der Waals surface area contributed by atoms with Crippen LogP contribution in [0.1, 0.15) is 15.9 Å². The number of nitrogens with two attached hydrogens (primary N) is 1. The Hall–Kier alpha value is -3.12. The van der Waals surface area contributed by atoms with Gasteiger partial charge in [0.05, 0.1) is 30.3 Å². The van der Waals surface area contributed by atoms with Crippen LogP contribution in [0.3, 0.4) is 0 Å². The second kappa shape index (κ2) is 7.94. The summed E-state index contributed by atoms with van der Waals surface area (Å²) in [6, 6.07) is 8.38. The molecule has 0 saturated heterocycles. The van der Waals surface area contributed by atoms with Crippen LogP contribution in [-0.4, -0.2) is 34.7 Å². The second-order valence-corrected chi connectivity index (χ2v) is 5.38. The lowest BCUT2D eigenvalue weighted by atomic mass is 10.2. The molecule has 24 heavy (non-hydrogen) atoms. The molecule has 0 bridgehead atoms. The number of para-hydroxylation sites is 1. The predicted molar refractivity (Wildman–Crippen MR) is 88.3 cm³/mol. The lowest BCUT2D eigenvalue weighted by molar-refractivity contribution is -0.113. The van der Waals surface area contributed by atoms with Gasteiger partial charge in [0.25, 0.3) is 0 Å². The second-order valence-electron chi connectivity index (χ2n) is 4.44. The molecule has 1 heterocycles. The summed E-state index contributed by atoms with van der Waals surface area (Å²) in [5.74, 6) is -0.808. The fourth-order valence-electron chi connectivity index (χ4n) is 1.73. The van der Waals surface area contributed by atoms with Crippen LogP contribution < -0.4 is 11.1 Å². The van der Waals surface area contributed by atoms with Crippen molar-refractivity contribution < 1.29 is 14.3 Å². The number of nitrogens with zero attached hydrogens (tertiary/aromatic N) is 3. The molecule has 0 spiro atoms. The molecule has 0 radical (unpaired) electrons. The minimum absolute atomic E-state index is 0.0147. The Labute approximate surface area is 142 Å². The molecular weight excluding hydrogens is 330 g/mol. The number of benzene rings is 1. The van der Waals surface area contributed by atoms with Gasteiger partial charge in [-0.25, -0.2) is 14.8 Å². The van der Waals surface area contributed by atoms with Crippen molar-refractivity contribution in [2.24, 2.45) is 0 Å². The van der Waals surface area contributed by atoms with Crippen LogP contribution in [0.25, 0.3) is 0 Å². The number of rotatable bonds is 5. The lowest BCUT2D eigenvalue weighted by Gasteiger charge is -2.09. The van der Waals surface area contributed by atoms with E-state index in [1.54, 1.807) is 24.3 Å². The van der Waals surface area contributed by atoms with Crippen LogP contribution in [0.5, 0.6) is 0 Å². The summed E-state index contributed by atoms with van der Waals surface area (Å²) in [4.78, 5) is 31.6. The molecule has 0 saturated carbocycles. The van der Waals surface area contributed by atoms with Crippen LogP contribution in [0, 0.1) is 11.3 Å². The third kappa shape index (κ3) is 4.21. The number of hydrogen-bond acceptors (Lipinski definition) is 8. The number of carbonyl (C=O) groups excluding carboxylic acids is 2. The molecule has 2 rings (SSSR count). The first kappa shape index (κ1) is 17.2. The SMILES string of the molecule is COC(=O)c1ccccc1NC(=O)CSc1ncc(C#N)c(N)n1. The van der Waals surface area contributed by atoms with E-state index < -0.39 is 5.97 Å². The maximum Gasteiger partial charge on any atom is 0.339 e. The zero-order valence-corrected chi connectivity index (χ0v) is 13.5. The van der Waals surface area contributed by atoms with Crippen molar-refractivity contribution in [2.45, 2.75) is 5.16 Å². The summed E-state index contributed by atoms with van der Waals surface area (Å²) in [7, 11) is 1.27. The topological polar surface area (TPSA) is 131 Å². The van der Waals surface area contributed by atoms with E-state index in [2.05, 4.69) is 20.0 Å². The van der Waals surface area contributed by atoms with Crippen LogP contribution in [0.2, 0.25) is 0 Å². The summed E-state index contributed by atoms with van der Waals surface area (Å²) in [6.45, 7) is 0. The molecule has 0 fully saturated rings. The van der Waals surface area contributed by atoms with E-state index in [0.717, 1.165) is 11.8 Å². The molecule has 3 N–H and O–H groups in total. The highest BCUT2D eigenvalue weighted by Crippen LogP contribution is 2.19. The molecule has 122 valence electrons. The quantitative estimate of drug-likeness (QED) is 0.474. The molecule has 0 aliphatic rings. The number of nitrogen functional groups attached to an aromatic ring is 1. The number of hydrogen-bond donors (Lipinski definition) is 2. The highest BCUT2D eigenvalue weighted by atomic mass is 32.2. The summed E-state index contributed by atoms with van der Waals surface area (Å²) < 4.78 is 4.67. The van der Waals surface area contributed by atoms with Crippen LogP contribution in [-0.2, 0) is 9.53 Å². The fraction of sp³-hybridized carbons (Fsp3) is 0.133. The maximum absolute atomic E-state index is 12.0. The molecular formula is C15H13N5O3S. The first-order valence-corrected chi connectivity index (χ1v) is 7.66. The smallest absolute Gasteiger partial charge is 0.339 e. The van der Waals surface area contributed by atoms with E-state index >= 15 is 0 Å². The first-order valence-electron chi connectivity index (χ1n) is 6.67. The highest BCUT2D eigenvalue weighted by Gasteiger charge is 2.14. The number of aromatic nitrogens is 2. The molecule has 0 unspecified atom stereocenters. The zero-order chi connectivity index (χ0) is 17.5. The van der Waals surface area contributed by atoms with Crippen molar-refractivity contribution in [2.75, 3.05) is 23.9 Å². The standard InChI is InChI=1S/C15H13N5O3S/c1-23-14(22)10-4-2-3-5-11(10)19-12(21)8-24-15-18-7-9(6-16)13(17)20-15/h2-5,7H,8H2,1H3,(H,19,21)(H2,17,18,20). The Kier molecular flexibility index (Phi) is 5.70. The number of nitriles is 1. The molecule has 0 atom stereocenters. The van der Waals surface area contributed by atoms with E-state index in [0.29, 0.717) is 5.69 Å². The van der Waals surface area contributed by atoms with Crippen LogP contribution in [0.4, 0.5) is 11.5 Å². The number of ether oxygens (including phenoxy) is 1. The van der Waals surface area contributed by atoms with Gasteiger partial charge in [-0.3, -0.25) is 4.79 Å². The summed E-state index contributed by atoms with van der Waals surface area (Å²) in [6.07, 6.45) is 1.30. The van der Waals surface area contributed by atoms with Crippen LogP contribution in [0.15, 0.2) is 35.6 Å². The van der Waals surface area contributed by atoms with E-state index in [1.165, 1.54) is 13.3 Å². The minimum Gasteiger partial charge on any atom is -0.465 e. The van der Waals surface area contributed by atoms with Gasteiger partial charge in [0, 0.05) is 0 Å². The van der Waals surface area contributed by atoms with E-state index in [4.69, 9.17) is 11.0 Å². The van der Waals surface area contributed by atoms with Gasteiger partial charge in [0.15, 0.2) is 5.16 Å². The van der Waals surface area contributed by atoms with Crippen molar-refractivity contribution in [1.29, 1.82) is 5.26 Å². The molecule has 0 aliphatic heterocycles. The van der Waals surface area contributed by atoms with Gasteiger partial charge in [-0.1, -0.05) is 23.9 Å². The van der Waals surface area contributed by atoms with E-state index in [1.807, 2.05) is 6.07 Å². The number of esters is 1. The van der Waals surface area contributed by atoms with Crippen LogP contribution >= 0.6 is 11.8 Å². The summed E-state index contributed by atoms with van der Waals surface area (Å²) in [5.41, 5.74) is 6.39. The number of carbonyl (C=O) groups is 2. The summed E-state index contributed by atoms with van der Waals surface area (Å²) in [5, 5.41) is 11.7. The Morgan fingerprint density at radius 1 is 1.42 bits per heavy atom. The average Bonchev–Trinajstić information content (AvgIpc) is 2.60. The van der Waals surface area contributed by atoms with E-state index in [9.17, 15) is 9.59 Å². The third-order valence-corrected chi connectivity index (χ3v) is 3.72. The van der Waals surface area contributed by atoms with Crippen molar-refractivity contribution in [1.82, 2.24) is 9.97 Å². The van der Waals surface area contributed by atoms with Gasteiger partial charge in [-0.15, -0.1) is 0 Å². The van der Waals surface area contributed by atoms with Crippen molar-refractivity contribution in [3.63, 3.8) is 0 Å². The van der Waals surface area contributed by atoms with E-state index in [-0.39, 0.29) is 33.8 Å². The Balaban J connectivity index is 2.01. The molecule has 1 amide bonds. The minimum atomic E-state index is -0.540. The highest BCUT2D eigenvalue weighted by molar-refractivity contribution is 7.99. The Morgan fingerprint density at radius 2 is 2.17 bits per heavy atom. The van der Waals surface area contributed by atoms with Crippen molar-refractivity contribution in [3.05, 3.63) is 41.6 Å². The van der Waals surface area contributed by atoms with Gasteiger partial charge in [0.1, 0.15) is 17.5 Å². The predicted octanol–water partition coefficient (Wildman–Crippen LogP) is 1.45. The molecule has 0 aliphatic carbocycles. The zero-order valence-electron chi connectivity index (χ0n) is 12.6. The monoisotopic (exact) mass is 343 g/mol. The third-order valence-electron chi connectivity index (χ3n) is 2.86. The Morgan fingerprint density at radius 3 is 2.83 bits per heavy atom. The maximum atomic E-state index is 12.0. The van der Waals surface area contributed by atoms with Crippen molar-refractivity contribution in [3.8, 4) is 6.07 Å². The summed E-state index contributed by atoms with van der Waals surface area (Å²) >= 11 is 1.06. The average molecular weight is 343 g/mol.